The number of phenols is 1. The molecule has 90 valence electrons. The van der Waals surface area contributed by atoms with Gasteiger partial charge >= 0.3 is 0 Å². The van der Waals surface area contributed by atoms with Crippen molar-refractivity contribution in [3.8, 4) is 5.75 Å². The van der Waals surface area contributed by atoms with Crippen molar-refractivity contribution < 1.29 is 5.11 Å². The molecule has 0 amide bonds. The minimum absolute atomic E-state index is 0.167. The van der Waals surface area contributed by atoms with Gasteiger partial charge < -0.3 is 10.4 Å². The second-order valence-corrected chi connectivity index (χ2v) is 4.81. The third-order valence-corrected chi connectivity index (χ3v) is 3.48. The van der Waals surface area contributed by atoms with Crippen LogP contribution in [0.2, 0.25) is 0 Å². The van der Waals surface area contributed by atoms with Gasteiger partial charge in [0, 0.05) is 29.7 Å². The Hall–Kier alpha value is -1.39. The summed E-state index contributed by atoms with van der Waals surface area (Å²) in [4.78, 5) is 4.23. The molecule has 17 heavy (non-hydrogen) atoms. The molecule has 0 aliphatic heterocycles. The number of hydrogen-bond acceptors (Lipinski definition) is 4. The number of para-hydroxylation sites is 1. The number of benzene rings is 1. The van der Waals surface area contributed by atoms with Crippen molar-refractivity contribution >= 4 is 11.3 Å². The van der Waals surface area contributed by atoms with Crippen molar-refractivity contribution in [1.29, 1.82) is 0 Å². The summed E-state index contributed by atoms with van der Waals surface area (Å²) in [7, 11) is 0. The first kappa shape index (κ1) is 12.1. The monoisotopic (exact) mass is 248 g/mol. The first-order chi connectivity index (χ1) is 8.31. The zero-order valence-corrected chi connectivity index (χ0v) is 10.6. The molecule has 1 atom stereocenters. The molecule has 0 radical (unpaired) electrons. The van der Waals surface area contributed by atoms with Crippen molar-refractivity contribution in [2.75, 3.05) is 0 Å². The fourth-order valence-corrected chi connectivity index (χ4v) is 2.37. The molecule has 2 N–H and O–H groups in total. The molecule has 3 nitrogen and oxygen atoms in total. The standard InChI is InChI=1S/C13H16N2OS/c1-2-11(10-5-3-4-6-12(10)16)15-9-13-14-7-8-17-13/h3-8,11,15-16H,2,9H2,1H3. The molecule has 1 heterocycles. The molecule has 0 spiro atoms. The van der Waals surface area contributed by atoms with Crippen LogP contribution >= 0.6 is 11.3 Å². The highest BCUT2D eigenvalue weighted by atomic mass is 32.1. The van der Waals surface area contributed by atoms with Crippen LogP contribution in [0.1, 0.15) is 30.0 Å². The highest BCUT2D eigenvalue weighted by molar-refractivity contribution is 7.09. The highest BCUT2D eigenvalue weighted by Gasteiger charge is 2.12. The Kier molecular flexibility index (Phi) is 4.12. The number of nitrogens with zero attached hydrogens (tertiary/aromatic N) is 1. The number of thiazole rings is 1. The van der Waals surface area contributed by atoms with Gasteiger partial charge in [-0.2, -0.15) is 0 Å². The SMILES string of the molecule is CCC(NCc1nccs1)c1ccccc1O. The molecule has 0 bridgehead atoms. The fourth-order valence-electron chi connectivity index (χ4n) is 1.81. The first-order valence-electron chi connectivity index (χ1n) is 5.71. The van der Waals surface area contributed by atoms with Gasteiger partial charge in [0.05, 0.1) is 0 Å². The van der Waals surface area contributed by atoms with Crippen LogP contribution < -0.4 is 5.32 Å². The Labute approximate surface area is 105 Å². The maximum Gasteiger partial charge on any atom is 0.120 e. The summed E-state index contributed by atoms with van der Waals surface area (Å²) in [5.74, 6) is 0.353. The van der Waals surface area contributed by atoms with Crippen LogP contribution in [0.4, 0.5) is 0 Å². The van der Waals surface area contributed by atoms with Crippen molar-refractivity contribution in [2.45, 2.75) is 25.9 Å². The fraction of sp³-hybridized carbons (Fsp3) is 0.308. The van der Waals surface area contributed by atoms with E-state index >= 15 is 0 Å². The van der Waals surface area contributed by atoms with Gasteiger partial charge in [0.25, 0.3) is 0 Å². The predicted molar refractivity (Wildman–Crippen MR) is 70.1 cm³/mol. The summed E-state index contributed by atoms with van der Waals surface area (Å²) < 4.78 is 0. The minimum atomic E-state index is 0.167. The Bertz CT molecular complexity index is 456. The quantitative estimate of drug-likeness (QED) is 0.854. The lowest BCUT2D eigenvalue weighted by Gasteiger charge is -2.17. The topological polar surface area (TPSA) is 45.2 Å². The first-order valence-corrected chi connectivity index (χ1v) is 6.59. The summed E-state index contributed by atoms with van der Waals surface area (Å²) in [6, 6.07) is 7.64. The zero-order valence-electron chi connectivity index (χ0n) is 9.76. The van der Waals surface area contributed by atoms with Gasteiger partial charge in [0.1, 0.15) is 10.8 Å². The molecule has 0 saturated heterocycles. The van der Waals surface area contributed by atoms with Gasteiger partial charge in [-0.25, -0.2) is 4.98 Å². The molecule has 1 unspecified atom stereocenters. The average molecular weight is 248 g/mol. The second kappa shape index (κ2) is 5.80. The molecule has 1 aromatic heterocycles. The minimum Gasteiger partial charge on any atom is -0.508 e. The van der Waals surface area contributed by atoms with E-state index in [2.05, 4.69) is 17.2 Å². The summed E-state index contributed by atoms with van der Waals surface area (Å²) in [5, 5.41) is 16.3. The maximum atomic E-state index is 9.82. The van der Waals surface area contributed by atoms with Crippen molar-refractivity contribution in [3.05, 3.63) is 46.4 Å². The summed E-state index contributed by atoms with van der Waals surface area (Å²) in [5.41, 5.74) is 0.951. The second-order valence-electron chi connectivity index (χ2n) is 3.83. The number of phenolic OH excluding ortho intramolecular Hbond substituents is 1. The normalized spacial score (nSPS) is 12.5. The Morgan fingerprint density at radius 2 is 2.24 bits per heavy atom. The molecular formula is C13H16N2OS. The van der Waals surface area contributed by atoms with Crippen molar-refractivity contribution in [3.63, 3.8) is 0 Å². The van der Waals surface area contributed by atoms with Gasteiger partial charge in [0.2, 0.25) is 0 Å². The van der Waals surface area contributed by atoms with Gasteiger partial charge in [-0.3, -0.25) is 0 Å². The molecule has 0 fully saturated rings. The molecule has 2 rings (SSSR count). The smallest absolute Gasteiger partial charge is 0.120 e. The van der Waals surface area contributed by atoms with Crippen molar-refractivity contribution in [1.82, 2.24) is 10.3 Å². The van der Waals surface area contributed by atoms with Crippen LogP contribution in [-0.2, 0) is 6.54 Å². The number of rotatable bonds is 5. The number of nitrogens with one attached hydrogen (secondary N) is 1. The van der Waals surface area contributed by atoms with Crippen LogP contribution in [0, 0.1) is 0 Å². The van der Waals surface area contributed by atoms with E-state index in [1.54, 1.807) is 17.4 Å². The number of aromatic nitrogens is 1. The lowest BCUT2D eigenvalue weighted by Crippen LogP contribution is -2.20. The van der Waals surface area contributed by atoms with E-state index < -0.39 is 0 Å². The third kappa shape index (κ3) is 3.05. The highest BCUT2D eigenvalue weighted by Crippen LogP contribution is 2.26. The largest absolute Gasteiger partial charge is 0.508 e. The van der Waals surface area contributed by atoms with E-state index in [0.717, 1.165) is 23.5 Å². The average Bonchev–Trinajstić information content (AvgIpc) is 2.85. The van der Waals surface area contributed by atoms with Crippen LogP contribution in [0.15, 0.2) is 35.8 Å². The molecule has 1 aromatic carbocycles. The van der Waals surface area contributed by atoms with E-state index in [1.807, 2.05) is 29.8 Å². The lowest BCUT2D eigenvalue weighted by atomic mass is 10.0. The number of hydrogen-bond donors (Lipinski definition) is 2. The van der Waals surface area contributed by atoms with Crippen LogP contribution in [0.3, 0.4) is 0 Å². The Morgan fingerprint density at radius 3 is 2.88 bits per heavy atom. The van der Waals surface area contributed by atoms with E-state index in [9.17, 15) is 5.11 Å². The van der Waals surface area contributed by atoms with E-state index in [-0.39, 0.29) is 6.04 Å². The summed E-state index contributed by atoms with van der Waals surface area (Å²) in [6.45, 7) is 2.84. The van der Waals surface area contributed by atoms with Gasteiger partial charge in [-0.05, 0) is 12.5 Å². The van der Waals surface area contributed by atoms with E-state index in [4.69, 9.17) is 0 Å². The van der Waals surface area contributed by atoms with Crippen LogP contribution in [0.5, 0.6) is 5.75 Å². The lowest BCUT2D eigenvalue weighted by molar-refractivity contribution is 0.440. The maximum absolute atomic E-state index is 9.82. The van der Waals surface area contributed by atoms with Crippen molar-refractivity contribution in [2.24, 2.45) is 0 Å². The molecular weight excluding hydrogens is 232 g/mol. The molecule has 0 aliphatic rings. The van der Waals surface area contributed by atoms with Gasteiger partial charge in [-0.15, -0.1) is 11.3 Å². The van der Waals surface area contributed by atoms with Crippen LogP contribution in [-0.4, -0.2) is 10.1 Å². The Morgan fingerprint density at radius 1 is 1.41 bits per heavy atom. The third-order valence-electron chi connectivity index (χ3n) is 2.70. The Balaban J connectivity index is 2.04. The summed E-state index contributed by atoms with van der Waals surface area (Å²) >= 11 is 1.64. The van der Waals surface area contributed by atoms with Gasteiger partial charge in [0.15, 0.2) is 0 Å². The molecule has 2 aromatic rings. The zero-order chi connectivity index (χ0) is 12.1. The summed E-state index contributed by atoms with van der Waals surface area (Å²) in [6.07, 6.45) is 2.74. The van der Waals surface area contributed by atoms with E-state index in [0.29, 0.717) is 5.75 Å². The molecule has 0 saturated carbocycles. The molecule has 0 aliphatic carbocycles. The van der Waals surface area contributed by atoms with E-state index in [1.165, 1.54) is 0 Å². The van der Waals surface area contributed by atoms with Crippen LogP contribution in [0.25, 0.3) is 0 Å². The number of aromatic hydroxyl groups is 1. The predicted octanol–water partition coefficient (Wildman–Crippen LogP) is 3.09. The molecule has 4 heteroatoms. The van der Waals surface area contributed by atoms with Gasteiger partial charge in [-0.1, -0.05) is 25.1 Å².